The van der Waals surface area contributed by atoms with Crippen LogP contribution in [0.5, 0.6) is 0 Å². The summed E-state index contributed by atoms with van der Waals surface area (Å²) in [6.07, 6.45) is 7.23. The highest BCUT2D eigenvalue weighted by Crippen LogP contribution is 2.25. The van der Waals surface area contributed by atoms with Gasteiger partial charge in [0.1, 0.15) is 17.5 Å². The predicted molar refractivity (Wildman–Crippen MR) is 77.0 cm³/mol. The number of unbranched alkanes of at least 4 members (excludes halogenated alkanes) is 2. The number of hydrogen-bond acceptors (Lipinski definition) is 4. The van der Waals surface area contributed by atoms with Crippen molar-refractivity contribution in [1.82, 2.24) is 9.78 Å². The molecule has 0 amide bonds. The lowest BCUT2D eigenvalue weighted by Gasteiger charge is -2.11. The Hall–Kier alpha value is -2.09. The molecule has 5 nitrogen and oxygen atoms in total. The van der Waals surface area contributed by atoms with Gasteiger partial charge >= 0.3 is 0 Å². The molecule has 1 N–H and O–H groups in total. The number of hydrogen-bond donors (Lipinski definition) is 1. The minimum atomic E-state index is 0.0273. The molecule has 0 spiro atoms. The van der Waals surface area contributed by atoms with E-state index in [9.17, 15) is 4.79 Å². The molecule has 1 aliphatic carbocycles. The van der Waals surface area contributed by atoms with Crippen molar-refractivity contribution in [2.45, 2.75) is 46.1 Å². The third kappa shape index (κ3) is 3.08. The third-order valence-corrected chi connectivity index (χ3v) is 3.54. The molecule has 5 heteroatoms. The number of aromatic nitrogens is 2. The first-order chi connectivity index (χ1) is 9.65. The number of nitrogens with one attached hydrogen (secondary N) is 1. The molecule has 1 heterocycles. The number of carbonyl (C=O) groups is 1. The van der Waals surface area contributed by atoms with Gasteiger partial charge in [-0.05, 0) is 12.8 Å². The van der Waals surface area contributed by atoms with E-state index in [1.807, 2.05) is 11.6 Å². The van der Waals surface area contributed by atoms with Gasteiger partial charge in [-0.25, -0.2) is 4.68 Å². The molecule has 1 aromatic rings. The maximum Gasteiger partial charge on any atom is 0.160 e. The Morgan fingerprint density at radius 2 is 2.35 bits per heavy atom. The van der Waals surface area contributed by atoms with Gasteiger partial charge < -0.3 is 5.32 Å². The van der Waals surface area contributed by atoms with Gasteiger partial charge in [0.25, 0.3) is 0 Å². The number of anilines is 1. The summed E-state index contributed by atoms with van der Waals surface area (Å²) in [4.78, 5) is 11.6. The first-order valence-corrected chi connectivity index (χ1v) is 7.13. The zero-order valence-corrected chi connectivity index (χ0v) is 12.0. The van der Waals surface area contributed by atoms with Crippen LogP contribution in [-0.4, -0.2) is 15.6 Å². The van der Waals surface area contributed by atoms with Crippen LogP contribution >= 0.6 is 0 Å². The molecule has 1 unspecified atom stereocenters. The minimum Gasteiger partial charge on any atom is -0.343 e. The SMILES string of the molecule is CCCCCn1ncc(C#N)c1NC1=CC(=O)C(C)C1. The van der Waals surface area contributed by atoms with Crippen LogP contribution in [0.4, 0.5) is 5.82 Å². The van der Waals surface area contributed by atoms with Gasteiger partial charge in [-0.3, -0.25) is 4.79 Å². The summed E-state index contributed by atoms with van der Waals surface area (Å²) in [5.74, 6) is 0.874. The van der Waals surface area contributed by atoms with E-state index in [0.29, 0.717) is 17.8 Å². The molecule has 0 aromatic carbocycles. The maximum atomic E-state index is 11.6. The Morgan fingerprint density at radius 1 is 1.55 bits per heavy atom. The van der Waals surface area contributed by atoms with Crippen LogP contribution in [0.2, 0.25) is 0 Å². The minimum absolute atomic E-state index is 0.0273. The summed E-state index contributed by atoms with van der Waals surface area (Å²) in [5.41, 5.74) is 1.39. The van der Waals surface area contributed by atoms with E-state index in [1.165, 1.54) is 0 Å². The Balaban J connectivity index is 2.13. The van der Waals surface area contributed by atoms with E-state index in [0.717, 1.165) is 31.5 Å². The van der Waals surface area contributed by atoms with Gasteiger partial charge in [-0.1, -0.05) is 26.7 Å². The van der Waals surface area contributed by atoms with Crippen molar-refractivity contribution in [3.05, 3.63) is 23.5 Å². The molecule has 0 saturated carbocycles. The van der Waals surface area contributed by atoms with Crippen molar-refractivity contribution in [3.63, 3.8) is 0 Å². The van der Waals surface area contributed by atoms with E-state index in [1.54, 1.807) is 12.3 Å². The van der Waals surface area contributed by atoms with E-state index in [-0.39, 0.29) is 11.7 Å². The molecule has 0 fully saturated rings. The van der Waals surface area contributed by atoms with Gasteiger partial charge in [-0.2, -0.15) is 10.4 Å². The number of nitriles is 1. The summed E-state index contributed by atoms with van der Waals surface area (Å²) in [7, 11) is 0. The van der Waals surface area contributed by atoms with Crippen LogP contribution in [0.3, 0.4) is 0 Å². The van der Waals surface area contributed by atoms with Crippen molar-refractivity contribution in [2.24, 2.45) is 5.92 Å². The summed E-state index contributed by atoms with van der Waals surface area (Å²) < 4.78 is 1.82. The van der Waals surface area contributed by atoms with Crippen molar-refractivity contribution in [2.75, 3.05) is 5.32 Å². The second-order valence-corrected chi connectivity index (χ2v) is 5.25. The average molecular weight is 272 g/mol. The van der Waals surface area contributed by atoms with Gasteiger partial charge in [-0.15, -0.1) is 0 Å². The highest BCUT2D eigenvalue weighted by Gasteiger charge is 2.22. The van der Waals surface area contributed by atoms with Crippen LogP contribution in [-0.2, 0) is 11.3 Å². The van der Waals surface area contributed by atoms with Gasteiger partial charge in [0, 0.05) is 24.2 Å². The molecule has 0 aliphatic heterocycles. The molecule has 1 aliphatic rings. The van der Waals surface area contributed by atoms with E-state index >= 15 is 0 Å². The Morgan fingerprint density at radius 3 is 2.95 bits per heavy atom. The number of nitrogens with zero attached hydrogens (tertiary/aromatic N) is 3. The molecule has 2 rings (SSSR count). The number of allylic oxidation sites excluding steroid dienone is 2. The monoisotopic (exact) mass is 272 g/mol. The van der Waals surface area contributed by atoms with Crippen LogP contribution < -0.4 is 5.32 Å². The molecule has 20 heavy (non-hydrogen) atoms. The summed E-state index contributed by atoms with van der Waals surface area (Å²) in [6, 6.07) is 2.14. The molecular formula is C15H20N4O. The number of aryl methyl sites for hydroxylation is 1. The average Bonchev–Trinajstić information content (AvgIpc) is 2.95. The third-order valence-electron chi connectivity index (χ3n) is 3.54. The largest absolute Gasteiger partial charge is 0.343 e. The van der Waals surface area contributed by atoms with Crippen molar-refractivity contribution < 1.29 is 4.79 Å². The summed E-state index contributed by atoms with van der Waals surface area (Å²) in [5, 5.41) is 16.6. The molecule has 0 saturated heterocycles. The second kappa shape index (κ2) is 6.38. The predicted octanol–water partition coefficient (Wildman–Crippen LogP) is 2.85. The zero-order valence-electron chi connectivity index (χ0n) is 12.0. The topological polar surface area (TPSA) is 70.7 Å². The van der Waals surface area contributed by atoms with Crippen LogP contribution in [0.15, 0.2) is 18.0 Å². The van der Waals surface area contributed by atoms with Gasteiger partial charge in [0.05, 0.1) is 6.20 Å². The Kier molecular flexibility index (Phi) is 4.57. The quantitative estimate of drug-likeness (QED) is 0.808. The normalized spacial score (nSPS) is 17.9. The van der Waals surface area contributed by atoms with Gasteiger partial charge in [0.2, 0.25) is 0 Å². The number of carbonyl (C=O) groups excluding carboxylic acids is 1. The molecule has 1 atom stereocenters. The van der Waals surface area contributed by atoms with E-state index < -0.39 is 0 Å². The van der Waals surface area contributed by atoms with E-state index in [2.05, 4.69) is 23.4 Å². The molecular weight excluding hydrogens is 252 g/mol. The lowest BCUT2D eigenvalue weighted by Crippen LogP contribution is -2.09. The molecule has 106 valence electrons. The second-order valence-electron chi connectivity index (χ2n) is 5.25. The lowest BCUT2D eigenvalue weighted by molar-refractivity contribution is -0.116. The standard InChI is InChI=1S/C15H20N4O/c1-3-4-5-6-19-15(12(9-16)10-17-19)18-13-7-11(2)14(20)8-13/h8,10-11,18H,3-7H2,1-2H3. The highest BCUT2D eigenvalue weighted by atomic mass is 16.1. The van der Waals surface area contributed by atoms with Crippen molar-refractivity contribution in [3.8, 4) is 6.07 Å². The highest BCUT2D eigenvalue weighted by molar-refractivity contribution is 5.95. The first-order valence-electron chi connectivity index (χ1n) is 7.13. The van der Waals surface area contributed by atoms with Crippen LogP contribution in [0.25, 0.3) is 0 Å². The smallest absolute Gasteiger partial charge is 0.160 e. The fourth-order valence-electron chi connectivity index (χ4n) is 2.32. The summed E-state index contributed by atoms with van der Waals surface area (Å²) >= 11 is 0. The maximum absolute atomic E-state index is 11.6. The molecule has 0 radical (unpaired) electrons. The van der Waals surface area contributed by atoms with Crippen LogP contribution in [0.1, 0.15) is 45.1 Å². The zero-order chi connectivity index (χ0) is 14.5. The van der Waals surface area contributed by atoms with Gasteiger partial charge in [0.15, 0.2) is 5.78 Å². The van der Waals surface area contributed by atoms with Crippen LogP contribution in [0, 0.1) is 17.2 Å². The Bertz CT molecular complexity index is 565. The summed E-state index contributed by atoms with van der Waals surface area (Å²) in [6.45, 7) is 4.85. The lowest BCUT2D eigenvalue weighted by atomic mass is 10.1. The molecule has 0 bridgehead atoms. The van der Waals surface area contributed by atoms with Crippen molar-refractivity contribution in [1.29, 1.82) is 5.26 Å². The number of rotatable bonds is 6. The Labute approximate surface area is 119 Å². The first kappa shape index (κ1) is 14.3. The van der Waals surface area contributed by atoms with E-state index in [4.69, 9.17) is 5.26 Å². The number of ketones is 1. The fraction of sp³-hybridized carbons (Fsp3) is 0.533. The molecule has 1 aromatic heterocycles. The van der Waals surface area contributed by atoms with Crippen molar-refractivity contribution >= 4 is 11.6 Å². The fourth-order valence-corrected chi connectivity index (χ4v) is 2.32.